The lowest BCUT2D eigenvalue weighted by atomic mass is 10.1. The zero-order valence-corrected chi connectivity index (χ0v) is 7.08. The van der Waals surface area contributed by atoms with Crippen molar-refractivity contribution in [2.45, 2.75) is 25.9 Å². The molecule has 3 heteroatoms. The fourth-order valence-electron chi connectivity index (χ4n) is 0.703. The SMILES string of the molecule is C=CCC(C)(C)OC/C=N\O. The van der Waals surface area contributed by atoms with Gasteiger partial charge in [0.2, 0.25) is 0 Å². The molecular weight excluding hydrogens is 142 g/mol. The summed E-state index contributed by atoms with van der Waals surface area (Å²) in [6.07, 6.45) is 3.90. The molecule has 0 heterocycles. The van der Waals surface area contributed by atoms with Crippen molar-refractivity contribution in [3.05, 3.63) is 12.7 Å². The van der Waals surface area contributed by atoms with Crippen LogP contribution in [-0.2, 0) is 4.74 Å². The largest absolute Gasteiger partial charge is 0.411 e. The number of rotatable bonds is 5. The predicted molar refractivity (Wildman–Crippen MR) is 45.1 cm³/mol. The van der Waals surface area contributed by atoms with Gasteiger partial charge in [-0.1, -0.05) is 11.2 Å². The van der Waals surface area contributed by atoms with Gasteiger partial charge >= 0.3 is 0 Å². The lowest BCUT2D eigenvalue weighted by molar-refractivity contribution is 0.00878. The van der Waals surface area contributed by atoms with E-state index in [2.05, 4.69) is 11.7 Å². The third kappa shape index (κ3) is 5.61. The Morgan fingerprint density at radius 2 is 2.27 bits per heavy atom. The monoisotopic (exact) mass is 157 g/mol. The molecule has 0 aromatic heterocycles. The van der Waals surface area contributed by atoms with E-state index in [1.807, 2.05) is 13.8 Å². The number of oxime groups is 1. The van der Waals surface area contributed by atoms with E-state index in [-0.39, 0.29) is 5.60 Å². The number of hydrogen-bond acceptors (Lipinski definition) is 3. The molecule has 0 fully saturated rings. The third-order valence-electron chi connectivity index (χ3n) is 1.27. The smallest absolute Gasteiger partial charge is 0.0859 e. The molecule has 0 unspecified atom stereocenters. The highest BCUT2D eigenvalue weighted by atomic mass is 16.5. The molecule has 0 rings (SSSR count). The van der Waals surface area contributed by atoms with E-state index in [0.717, 1.165) is 6.42 Å². The van der Waals surface area contributed by atoms with Gasteiger partial charge < -0.3 is 9.94 Å². The summed E-state index contributed by atoms with van der Waals surface area (Å²) >= 11 is 0. The molecule has 0 radical (unpaired) electrons. The van der Waals surface area contributed by atoms with Crippen molar-refractivity contribution in [3.63, 3.8) is 0 Å². The Bertz CT molecular complexity index is 141. The minimum Gasteiger partial charge on any atom is -0.411 e. The maximum absolute atomic E-state index is 8.06. The molecule has 0 aliphatic carbocycles. The second kappa shape index (κ2) is 4.91. The summed E-state index contributed by atoms with van der Waals surface area (Å²) in [7, 11) is 0. The number of nitrogens with zero attached hydrogens (tertiary/aromatic N) is 1. The van der Waals surface area contributed by atoms with Crippen molar-refractivity contribution in [3.8, 4) is 0 Å². The molecule has 64 valence electrons. The normalized spacial score (nSPS) is 12.2. The second-order valence-electron chi connectivity index (χ2n) is 2.86. The third-order valence-corrected chi connectivity index (χ3v) is 1.27. The van der Waals surface area contributed by atoms with Gasteiger partial charge in [0.05, 0.1) is 18.4 Å². The molecule has 0 aliphatic rings. The van der Waals surface area contributed by atoms with E-state index in [4.69, 9.17) is 9.94 Å². The van der Waals surface area contributed by atoms with Gasteiger partial charge in [-0.2, -0.15) is 0 Å². The van der Waals surface area contributed by atoms with Crippen LogP contribution in [-0.4, -0.2) is 23.6 Å². The van der Waals surface area contributed by atoms with Crippen LogP contribution in [0.25, 0.3) is 0 Å². The van der Waals surface area contributed by atoms with Crippen LogP contribution in [0.15, 0.2) is 17.8 Å². The summed E-state index contributed by atoms with van der Waals surface area (Å²) in [5.41, 5.74) is -0.219. The Balaban J connectivity index is 3.62. The van der Waals surface area contributed by atoms with Gasteiger partial charge in [0.15, 0.2) is 0 Å². The standard InChI is InChI=1S/C8H15NO2/c1-4-5-8(2,3)11-7-6-9-10/h4,6,10H,1,5,7H2,2-3H3/b9-6-. The molecular formula is C8H15NO2. The summed E-state index contributed by atoms with van der Waals surface area (Å²) < 4.78 is 5.33. The first-order valence-electron chi connectivity index (χ1n) is 3.53. The van der Waals surface area contributed by atoms with Gasteiger partial charge in [-0.3, -0.25) is 0 Å². The van der Waals surface area contributed by atoms with Crippen LogP contribution in [0.5, 0.6) is 0 Å². The first-order valence-corrected chi connectivity index (χ1v) is 3.53. The van der Waals surface area contributed by atoms with E-state index < -0.39 is 0 Å². The molecule has 0 aromatic rings. The Morgan fingerprint density at radius 3 is 2.73 bits per heavy atom. The van der Waals surface area contributed by atoms with E-state index >= 15 is 0 Å². The van der Waals surface area contributed by atoms with Crippen LogP contribution >= 0.6 is 0 Å². The fourth-order valence-corrected chi connectivity index (χ4v) is 0.703. The molecule has 0 spiro atoms. The van der Waals surface area contributed by atoms with Crippen LogP contribution in [0.4, 0.5) is 0 Å². The lowest BCUT2D eigenvalue weighted by Crippen LogP contribution is -2.24. The minimum absolute atomic E-state index is 0.219. The summed E-state index contributed by atoms with van der Waals surface area (Å²) in [5, 5.41) is 10.9. The highest BCUT2D eigenvalue weighted by molar-refractivity contribution is 5.57. The maximum Gasteiger partial charge on any atom is 0.0859 e. The van der Waals surface area contributed by atoms with Gasteiger partial charge in [0.25, 0.3) is 0 Å². The van der Waals surface area contributed by atoms with Gasteiger partial charge in [-0.25, -0.2) is 0 Å². The highest BCUT2D eigenvalue weighted by Gasteiger charge is 2.14. The van der Waals surface area contributed by atoms with Crippen LogP contribution < -0.4 is 0 Å². The average Bonchev–Trinajstić information content (AvgIpc) is 1.87. The molecule has 0 saturated heterocycles. The van der Waals surface area contributed by atoms with Gasteiger partial charge in [-0.15, -0.1) is 6.58 Å². The van der Waals surface area contributed by atoms with E-state index in [0.29, 0.717) is 6.61 Å². The van der Waals surface area contributed by atoms with E-state index in [1.165, 1.54) is 6.21 Å². The number of hydrogen-bond donors (Lipinski definition) is 1. The zero-order chi connectivity index (χ0) is 8.74. The minimum atomic E-state index is -0.219. The maximum atomic E-state index is 8.06. The van der Waals surface area contributed by atoms with Crippen molar-refractivity contribution in [1.29, 1.82) is 0 Å². The molecule has 0 aliphatic heterocycles. The van der Waals surface area contributed by atoms with Crippen molar-refractivity contribution >= 4 is 6.21 Å². The quantitative estimate of drug-likeness (QED) is 0.286. The van der Waals surface area contributed by atoms with Crippen LogP contribution in [0.3, 0.4) is 0 Å². The molecule has 0 atom stereocenters. The van der Waals surface area contributed by atoms with Crippen LogP contribution in [0.2, 0.25) is 0 Å². The second-order valence-corrected chi connectivity index (χ2v) is 2.86. The molecule has 0 amide bonds. The van der Waals surface area contributed by atoms with Crippen molar-refractivity contribution in [1.82, 2.24) is 0 Å². The Hall–Kier alpha value is -0.830. The first-order chi connectivity index (χ1) is 5.12. The Kier molecular flexibility index (Phi) is 4.54. The van der Waals surface area contributed by atoms with Crippen molar-refractivity contribution in [2.75, 3.05) is 6.61 Å². The van der Waals surface area contributed by atoms with Crippen molar-refractivity contribution < 1.29 is 9.94 Å². The van der Waals surface area contributed by atoms with Gasteiger partial charge in [-0.05, 0) is 20.3 Å². The number of ether oxygens (including phenoxy) is 1. The zero-order valence-electron chi connectivity index (χ0n) is 7.08. The Labute approximate surface area is 67.4 Å². The molecule has 1 N–H and O–H groups in total. The van der Waals surface area contributed by atoms with Gasteiger partial charge in [0, 0.05) is 0 Å². The Morgan fingerprint density at radius 1 is 1.64 bits per heavy atom. The predicted octanol–water partition coefficient (Wildman–Crippen LogP) is 1.82. The average molecular weight is 157 g/mol. The summed E-state index contributed by atoms with van der Waals surface area (Å²) in [6, 6.07) is 0. The first kappa shape index (κ1) is 10.2. The van der Waals surface area contributed by atoms with Crippen LogP contribution in [0, 0.1) is 0 Å². The van der Waals surface area contributed by atoms with Crippen LogP contribution in [0.1, 0.15) is 20.3 Å². The summed E-state index contributed by atoms with van der Waals surface area (Å²) in [4.78, 5) is 0. The molecule has 11 heavy (non-hydrogen) atoms. The fraction of sp³-hybridized carbons (Fsp3) is 0.625. The summed E-state index contributed by atoms with van der Waals surface area (Å²) in [5.74, 6) is 0. The van der Waals surface area contributed by atoms with E-state index in [9.17, 15) is 0 Å². The lowest BCUT2D eigenvalue weighted by Gasteiger charge is -2.22. The molecule has 0 bridgehead atoms. The molecule has 0 saturated carbocycles. The van der Waals surface area contributed by atoms with Crippen molar-refractivity contribution in [2.24, 2.45) is 5.16 Å². The topological polar surface area (TPSA) is 41.8 Å². The molecule has 3 nitrogen and oxygen atoms in total. The molecule has 0 aromatic carbocycles. The van der Waals surface area contributed by atoms with Gasteiger partial charge in [0.1, 0.15) is 0 Å². The summed E-state index contributed by atoms with van der Waals surface area (Å²) in [6.45, 7) is 7.86. The van der Waals surface area contributed by atoms with E-state index in [1.54, 1.807) is 6.08 Å². The highest BCUT2D eigenvalue weighted by Crippen LogP contribution is 2.13.